The minimum absolute atomic E-state index is 0.105. The van der Waals surface area contributed by atoms with Gasteiger partial charge in [-0.2, -0.15) is 0 Å². The van der Waals surface area contributed by atoms with Gasteiger partial charge in [0.2, 0.25) is 0 Å². The van der Waals surface area contributed by atoms with E-state index in [1.54, 1.807) is 18.2 Å². The summed E-state index contributed by atoms with van der Waals surface area (Å²) in [6, 6.07) is 4.15. The molecule has 0 aliphatic carbocycles. The van der Waals surface area contributed by atoms with Crippen LogP contribution >= 0.6 is 15.9 Å². The first-order chi connectivity index (χ1) is 7.04. The number of urea groups is 1. The summed E-state index contributed by atoms with van der Waals surface area (Å²) in [5.41, 5.74) is 11.1. The molecule has 0 saturated carbocycles. The molecule has 0 saturated heterocycles. The third-order valence-electron chi connectivity index (χ3n) is 1.62. The SMILES string of the molecule is NC(=O)Nc1cc(Br)ccc1/C(N)=N/O. The van der Waals surface area contributed by atoms with E-state index in [4.69, 9.17) is 16.7 Å². The molecule has 0 aliphatic rings. The number of rotatable bonds is 2. The summed E-state index contributed by atoms with van der Waals surface area (Å²) in [7, 11) is 0. The number of hydrogen-bond acceptors (Lipinski definition) is 3. The molecule has 0 atom stereocenters. The molecule has 1 rings (SSSR count). The zero-order valence-corrected chi connectivity index (χ0v) is 9.15. The van der Waals surface area contributed by atoms with Crippen LogP contribution in [0.5, 0.6) is 0 Å². The van der Waals surface area contributed by atoms with Crippen LogP contribution in [0.1, 0.15) is 5.56 Å². The summed E-state index contributed by atoms with van der Waals surface area (Å²) >= 11 is 3.22. The summed E-state index contributed by atoms with van der Waals surface area (Å²) in [5.74, 6) is -0.105. The number of oxime groups is 1. The summed E-state index contributed by atoms with van der Waals surface area (Å²) < 4.78 is 0.737. The molecule has 0 unspecified atom stereocenters. The number of amides is 2. The lowest BCUT2D eigenvalue weighted by molar-refractivity contribution is 0.259. The predicted molar refractivity (Wildman–Crippen MR) is 59.9 cm³/mol. The van der Waals surface area contributed by atoms with Crippen LogP contribution in [0, 0.1) is 0 Å². The number of carbonyl (C=O) groups is 1. The Kier molecular flexibility index (Phi) is 3.51. The van der Waals surface area contributed by atoms with Crippen LogP contribution in [0.3, 0.4) is 0 Å². The van der Waals surface area contributed by atoms with E-state index in [-0.39, 0.29) is 5.84 Å². The Morgan fingerprint density at radius 1 is 1.47 bits per heavy atom. The molecule has 7 heteroatoms. The Labute approximate surface area is 94.1 Å². The van der Waals surface area contributed by atoms with Crippen LogP contribution in [0.25, 0.3) is 0 Å². The Morgan fingerprint density at radius 2 is 2.13 bits per heavy atom. The summed E-state index contributed by atoms with van der Waals surface area (Å²) in [5, 5.41) is 13.7. The highest BCUT2D eigenvalue weighted by Gasteiger charge is 2.08. The number of primary amides is 1. The second-order valence-corrected chi connectivity index (χ2v) is 3.58. The Balaban J connectivity index is 3.20. The van der Waals surface area contributed by atoms with E-state index in [1.165, 1.54) is 0 Å². The van der Waals surface area contributed by atoms with Crippen molar-refractivity contribution in [1.29, 1.82) is 0 Å². The lowest BCUT2D eigenvalue weighted by Gasteiger charge is -2.08. The third kappa shape index (κ3) is 2.84. The zero-order valence-electron chi connectivity index (χ0n) is 7.57. The number of halogens is 1. The number of nitrogens with two attached hydrogens (primary N) is 2. The van der Waals surface area contributed by atoms with E-state index >= 15 is 0 Å². The molecule has 0 heterocycles. The van der Waals surface area contributed by atoms with Gasteiger partial charge in [0, 0.05) is 10.0 Å². The van der Waals surface area contributed by atoms with Gasteiger partial charge >= 0.3 is 6.03 Å². The van der Waals surface area contributed by atoms with E-state index in [1.807, 2.05) is 0 Å². The van der Waals surface area contributed by atoms with Crippen LogP contribution in [0.15, 0.2) is 27.8 Å². The van der Waals surface area contributed by atoms with Crippen molar-refractivity contribution < 1.29 is 10.0 Å². The van der Waals surface area contributed by atoms with Crippen LogP contribution in [-0.4, -0.2) is 17.1 Å². The Morgan fingerprint density at radius 3 is 2.67 bits per heavy atom. The van der Waals surface area contributed by atoms with Crippen molar-refractivity contribution >= 4 is 33.5 Å². The van der Waals surface area contributed by atoms with Gasteiger partial charge in [-0.05, 0) is 18.2 Å². The molecule has 15 heavy (non-hydrogen) atoms. The maximum atomic E-state index is 10.7. The van der Waals surface area contributed by atoms with Crippen LogP contribution in [0.2, 0.25) is 0 Å². The third-order valence-corrected chi connectivity index (χ3v) is 2.12. The van der Waals surface area contributed by atoms with Gasteiger partial charge in [0.05, 0.1) is 5.69 Å². The first-order valence-electron chi connectivity index (χ1n) is 3.88. The number of anilines is 1. The van der Waals surface area contributed by atoms with Gasteiger partial charge < -0.3 is 22.0 Å². The van der Waals surface area contributed by atoms with E-state index in [2.05, 4.69) is 26.4 Å². The molecule has 0 bridgehead atoms. The molecular formula is C8H9BrN4O2. The monoisotopic (exact) mass is 272 g/mol. The number of benzene rings is 1. The predicted octanol–water partition coefficient (Wildman–Crippen LogP) is 1.03. The smallest absolute Gasteiger partial charge is 0.316 e. The molecule has 6 N–H and O–H groups in total. The maximum Gasteiger partial charge on any atom is 0.316 e. The van der Waals surface area contributed by atoms with E-state index < -0.39 is 6.03 Å². The molecule has 6 nitrogen and oxygen atoms in total. The minimum atomic E-state index is -0.722. The van der Waals surface area contributed by atoms with Crippen molar-refractivity contribution in [3.8, 4) is 0 Å². The largest absolute Gasteiger partial charge is 0.409 e. The van der Waals surface area contributed by atoms with Crippen molar-refractivity contribution in [3.63, 3.8) is 0 Å². The molecule has 0 spiro atoms. The topological polar surface area (TPSA) is 114 Å². The van der Waals surface area contributed by atoms with Gasteiger partial charge in [0.1, 0.15) is 0 Å². The molecule has 1 aromatic rings. The fourth-order valence-electron chi connectivity index (χ4n) is 1.03. The standard InChI is InChI=1S/C8H9BrN4O2/c9-4-1-2-5(7(10)13-15)6(3-4)12-8(11)14/h1-3,15H,(H2,10,13)(H3,11,12,14). The minimum Gasteiger partial charge on any atom is -0.409 e. The van der Waals surface area contributed by atoms with Crippen LogP contribution < -0.4 is 16.8 Å². The lowest BCUT2D eigenvalue weighted by Crippen LogP contribution is -2.23. The fourth-order valence-corrected chi connectivity index (χ4v) is 1.39. The second-order valence-electron chi connectivity index (χ2n) is 2.66. The highest BCUT2D eigenvalue weighted by atomic mass is 79.9. The second kappa shape index (κ2) is 4.65. The quantitative estimate of drug-likeness (QED) is 0.279. The van der Waals surface area contributed by atoms with E-state index in [9.17, 15) is 4.79 Å². The van der Waals surface area contributed by atoms with Crippen LogP contribution in [-0.2, 0) is 0 Å². The maximum absolute atomic E-state index is 10.7. The molecule has 1 aromatic carbocycles. The number of hydrogen-bond donors (Lipinski definition) is 4. The molecule has 80 valence electrons. The van der Waals surface area contributed by atoms with E-state index in [0.717, 1.165) is 4.47 Å². The molecule has 0 aromatic heterocycles. The summed E-state index contributed by atoms with van der Waals surface area (Å²) in [4.78, 5) is 10.7. The van der Waals surface area contributed by atoms with Crippen LogP contribution in [0.4, 0.5) is 10.5 Å². The van der Waals surface area contributed by atoms with Gasteiger partial charge in [-0.25, -0.2) is 4.79 Å². The lowest BCUT2D eigenvalue weighted by atomic mass is 10.1. The van der Waals surface area contributed by atoms with Crippen molar-refractivity contribution in [2.45, 2.75) is 0 Å². The van der Waals surface area contributed by atoms with Gasteiger partial charge in [-0.3, -0.25) is 0 Å². The first-order valence-corrected chi connectivity index (χ1v) is 4.68. The molecule has 0 fully saturated rings. The Hall–Kier alpha value is -1.76. The number of carbonyl (C=O) groups excluding carboxylic acids is 1. The highest BCUT2D eigenvalue weighted by Crippen LogP contribution is 2.21. The molecular weight excluding hydrogens is 264 g/mol. The highest BCUT2D eigenvalue weighted by molar-refractivity contribution is 9.10. The van der Waals surface area contributed by atoms with Crippen molar-refractivity contribution in [3.05, 3.63) is 28.2 Å². The molecule has 0 radical (unpaired) electrons. The van der Waals surface area contributed by atoms with Gasteiger partial charge in [-0.1, -0.05) is 21.1 Å². The fraction of sp³-hybridized carbons (Fsp3) is 0. The van der Waals surface area contributed by atoms with Gasteiger partial charge in [-0.15, -0.1) is 0 Å². The van der Waals surface area contributed by atoms with Gasteiger partial charge in [0.15, 0.2) is 5.84 Å². The van der Waals surface area contributed by atoms with Gasteiger partial charge in [0.25, 0.3) is 0 Å². The van der Waals surface area contributed by atoms with Crippen molar-refractivity contribution in [2.24, 2.45) is 16.6 Å². The summed E-state index contributed by atoms with van der Waals surface area (Å²) in [6.45, 7) is 0. The Bertz CT molecular complexity index is 419. The average Bonchev–Trinajstić information content (AvgIpc) is 2.16. The molecule has 0 aliphatic heterocycles. The zero-order chi connectivity index (χ0) is 11.4. The first kappa shape index (κ1) is 11.3. The number of nitrogens with one attached hydrogen (secondary N) is 1. The average molecular weight is 273 g/mol. The van der Waals surface area contributed by atoms with Crippen molar-refractivity contribution in [1.82, 2.24) is 0 Å². The normalized spacial score (nSPS) is 11.1. The van der Waals surface area contributed by atoms with Crippen molar-refractivity contribution in [2.75, 3.05) is 5.32 Å². The number of amidine groups is 1. The van der Waals surface area contributed by atoms with E-state index in [0.29, 0.717) is 11.3 Å². The number of nitrogens with zero attached hydrogens (tertiary/aromatic N) is 1. The summed E-state index contributed by atoms with van der Waals surface area (Å²) in [6.07, 6.45) is 0. The molecule has 2 amide bonds.